The van der Waals surface area contributed by atoms with Crippen LogP contribution in [0.5, 0.6) is 5.75 Å². The second-order valence-electron chi connectivity index (χ2n) is 4.59. The molecule has 1 aromatic heterocycles. The van der Waals surface area contributed by atoms with Crippen molar-refractivity contribution in [2.75, 3.05) is 5.32 Å². The lowest BCUT2D eigenvalue weighted by atomic mass is 10.0. The Balaban J connectivity index is 1.84. The zero-order chi connectivity index (χ0) is 13.7. The van der Waals surface area contributed by atoms with Crippen molar-refractivity contribution < 1.29 is 9.15 Å². The fraction of sp³-hybridized carbons (Fsp3) is 0. The van der Waals surface area contributed by atoms with Crippen molar-refractivity contribution in [2.24, 2.45) is 0 Å². The number of H-pyrrole nitrogens is 1. The summed E-state index contributed by atoms with van der Waals surface area (Å²) in [6.07, 6.45) is 0. The second kappa shape index (κ2) is 3.98. The molecular weight excluding hydrogens is 272 g/mol. The molecule has 1 aliphatic heterocycles. The standard InChI is InChI=1S/C15H10N2O2S/c1-8-16-11-6-9(2-4-13(11)18-8)10-3-5-14-12(7-10)17-15(20)19-14/h2-7,16H,1H2,(H,17,20). The number of aromatic amines is 1. The molecule has 2 N–H and O–H groups in total. The number of rotatable bonds is 1. The van der Waals surface area contributed by atoms with Crippen LogP contribution >= 0.6 is 12.2 Å². The Labute approximate surface area is 119 Å². The average molecular weight is 282 g/mol. The van der Waals surface area contributed by atoms with Crippen LogP contribution in [0.3, 0.4) is 0 Å². The minimum absolute atomic E-state index is 0.387. The van der Waals surface area contributed by atoms with Crippen LogP contribution in [0.4, 0.5) is 5.69 Å². The van der Waals surface area contributed by atoms with Crippen LogP contribution < -0.4 is 10.1 Å². The fourth-order valence-electron chi connectivity index (χ4n) is 2.34. The van der Waals surface area contributed by atoms with Gasteiger partial charge >= 0.3 is 0 Å². The van der Waals surface area contributed by atoms with Crippen molar-refractivity contribution in [1.82, 2.24) is 4.98 Å². The number of benzene rings is 2. The second-order valence-corrected chi connectivity index (χ2v) is 4.96. The van der Waals surface area contributed by atoms with E-state index in [0.29, 0.717) is 10.7 Å². The van der Waals surface area contributed by atoms with Crippen molar-refractivity contribution in [3.63, 3.8) is 0 Å². The summed E-state index contributed by atoms with van der Waals surface area (Å²) in [5, 5.41) is 3.09. The van der Waals surface area contributed by atoms with Gasteiger partial charge in [-0.3, -0.25) is 0 Å². The Morgan fingerprint density at radius 2 is 1.85 bits per heavy atom. The summed E-state index contributed by atoms with van der Waals surface area (Å²) in [5.74, 6) is 1.34. The molecule has 0 radical (unpaired) electrons. The third-order valence-corrected chi connectivity index (χ3v) is 3.42. The molecule has 0 spiro atoms. The molecule has 2 heterocycles. The number of anilines is 1. The lowest BCUT2D eigenvalue weighted by Crippen LogP contribution is -1.92. The zero-order valence-corrected chi connectivity index (χ0v) is 11.2. The molecule has 4 rings (SSSR count). The minimum atomic E-state index is 0.387. The van der Waals surface area contributed by atoms with Crippen LogP contribution in [0.15, 0.2) is 53.3 Å². The van der Waals surface area contributed by atoms with E-state index < -0.39 is 0 Å². The summed E-state index contributed by atoms with van der Waals surface area (Å²) in [5.41, 5.74) is 4.73. The third-order valence-electron chi connectivity index (χ3n) is 3.24. The number of fused-ring (bicyclic) bond motifs is 2. The van der Waals surface area contributed by atoms with Crippen LogP contribution in [-0.4, -0.2) is 4.98 Å². The number of aromatic nitrogens is 1. The van der Waals surface area contributed by atoms with E-state index in [1.807, 2.05) is 36.4 Å². The maximum Gasteiger partial charge on any atom is 0.266 e. The van der Waals surface area contributed by atoms with Crippen molar-refractivity contribution in [2.45, 2.75) is 0 Å². The van der Waals surface area contributed by atoms with Crippen LogP contribution in [0.1, 0.15) is 0 Å². The van der Waals surface area contributed by atoms with E-state index in [1.165, 1.54) is 0 Å². The Bertz CT molecular complexity index is 908. The molecule has 2 aromatic carbocycles. The SMILES string of the molecule is C=C1Nc2cc(-c3ccc4oc(=S)[nH]c4c3)ccc2O1. The van der Waals surface area contributed by atoms with E-state index >= 15 is 0 Å². The number of ether oxygens (including phenoxy) is 1. The normalized spacial score (nSPS) is 13.1. The predicted octanol–water partition coefficient (Wildman–Crippen LogP) is 4.43. The minimum Gasteiger partial charge on any atom is -0.440 e. The maximum absolute atomic E-state index is 5.43. The van der Waals surface area contributed by atoms with Gasteiger partial charge in [0, 0.05) is 0 Å². The molecule has 0 aliphatic carbocycles. The quantitative estimate of drug-likeness (QED) is 0.648. The lowest BCUT2D eigenvalue weighted by Gasteiger charge is -2.03. The number of hydrogen-bond acceptors (Lipinski definition) is 4. The molecule has 3 aromatic rings. The summed E-state index contributed by atoms with van der Waals surface area (Å²) in [4.78, 5) is 3.41. The largest absolute Gasteiger partial charge is 0.440 e. The summed E-state index contributed by atoms with van der Waals surface area (Å²) in [6, 6.07) is 11.9. The topological polar surface area (TPSA) is 50.2 Å². The predicted molar refractivity (Wildman–Crippen MR) is 80.2 cm³/mol. The zero-order valence-electron chi connectivity index (χ0n) is 10.4. The molecule has 4 nitrogen and oxygen atoms in total. The summed E-state index contributed by atoms with van der Waals surface area (Å²) < 4.78 is 10.8. The monoisotopic (exact) mass is 282 g/mol. The van der Waals surface area contributed by atoms with E-state index in [-0.39, 0.29) is 0 Å². The highest BCUT2D eigenvalue weighted by Gasteiger charge is 2.15. The van der Waals surface area contributed by atoms with Gasteiger partial charge in [0.05, 0.1) is 11.2 Å². The van der Waals surface area contributed by atoms with E-state index in [2.05, 4.69) is 16.9 Å². The van der Waals surface area contributed by atoms with Crippen molar-refractivity contribution >= 4 is 29.0 Å². The first-order valence-electron chi connectivity index (χ1n) is 6.10. The Morgan fingerprint density at radius 1 is 1.05 bits per heavy atom. The molecule has 0 atom stereocenters. The molecule has 0 amide bonds. The van der Waals surface area contributed by atoms with Crippen LogP contribution in [0.2, 0.25) is 0 Å². The van der Waals surface area contributed by atoms with Gasteiger partial charge in [-0.05, 0) is 54.2 Å². The van der Waals surface area contributed by atoms with Crippen molar-refractivity contribution in [3.8, 4) is 16.9 Å². The molecular formula is C15H10N2O2S. The number of hydrogen-bond donors (Lipinski definition) is 2. The molecule has 0 saturated carbocycles. The van der Waals surface area contributed by atoms with Crippen molar-refractivity contribution in [1.29, 1.82) is 0 Å². The van der Waals surface area contributed by atoms with Crippen molar-refractivity contribution in [3.05, 3.63) is 53.7 Å². The van der Waals surface area contributed by atoms with Gasteiger partial charge < -0.3 is 19.5 Å². The van der Waals surface area contributed by atoms with Gasteiger partial charge in [0.15, 0.2) is 17.2 Å². The highest BCUT2D eigenvalue weighted by atomic mass is 32.1. The third kappa shape index (κ3) is 1.71. The Kier molecular flexibility index (Phi) is 2.25. The average Bonchev–Trinajstić information content (AvgIpc) is 2.97. The van der Waals surface area contributed by atoms with E-state index in [1.54, 1.807) is 0 Å². The van der Waals surface area contributed by atoms with Crippen LogP contribution in [0.25, 0.3) is 22.2 Å². The maximum atomic E-state index is 5.43. The van der Waals surface area contributed by atoms with Gasteiger partial charge in [0.25, 0.3) is 4.84 Å². The van der Waals surface area contributed by atoms with E-state index in [4.69, 9.17) is 21.4 Å². The van der Waals surface area contributed by atoms with E-state index in [9.17, 15) is 0 Å². The molecule has 0 fully saturated rings. The Morgan fingerprint density at radius 3 is 2.75 bits per heavy atom. The first-order chi connectivity index (χ1) is 9.69. The van der Waals surface area contributed by atoms with Gasteiger partial charge in [-0.15, -0.1) is 0 Å². The fourth-order valence-corrected chi connectivity index (χ4v) is 2.54. The number of nitrogens with one attached hydrogen (secondary N) is 2. The van der Waals surface area contributed by atoms with Crippen LogP contribution in [0, 0.1) is 4.84 Å². The van der Waals surface area contributed by atoms with Gasteiger partial charge in [0.2, 0.25) is 0 Å². The molecule has 20 heavy (non-hydrogen) atoms. The molecule has 0 unspecified atom stereocenters. The Hall–Kier alpha value is -2.53. The molecule has 0 bridgehead atoms. The van der Waals surface area contributed by atoms with Gasteiger partial charge in [-0.25, -0.2) is 0 Å². The first-order valence-corrected chi connectivity index (χ1v) is 6.51. The highest BCUT2D eigenvalue weighted by molar-refractivity contribution is 7.71. The summed E-state index contributed by atoms with van der Waals surface area (Å²) in [6.45, 7) is 3.75. The highest BCUT2D eigenvalue weighted by Crippen LogP contribution is 2.36. The van der Waals surface area contributed by atoms with Gasteiger partial charge in [-0.2, -0.15) is 0 Å². The molecule has 1 aliphatic rings. The van der Waals surface area contributed by atoms with Gasteiger partial charge in [0.1, 0.15) is 0 Å². The molecule has 0 saturated heterocycles. The summed E-state index contributed by atoms with van der Waals surface area (Å²) >= 11 is 4.99. The molecule has 98 valence electrons. The summed E-state index contributed by atoms with van der Waals surface area (Å²) in [7, 11) is 0. The van der Waals surface area contributed by atoms with E-state index in [0.717, 1.165) is 33.7 Å². The van der Waals surface area contributed by atoms with Gasteiger partial charge in [-0.1, -0.05) is 12.1 Å². The smallest absolute Gasteiger partial charge is 0.266 e. The lowest BCUT2D eigenvalue weighted by molar-refractivity contribution is 0.460. The molecule has 5 heteroatoms. The number of oxazole rings is 1. The first kappa shape index (κ1) is 11.3. The van der Waals surface area contributed by atoms with Crippen LogP contribution in [-0.2, 0) is 0 Å².